The van der Waals surface area contributed by atoms with Crippen LogP contribution in [-0.2, 0) is 4.79 Å². The van der Waals surface area contributed by atoms with Gasteiger partial charge in [0.1, 0.15) is 0 Å². The van der Waals surface area contributed by atoms with Crippen LogP contribution in [0.1, 0.15) is 28.4 Å². The molecule has 0 fully saturated rings. The van der Waals surface area contributed by atoms with E-state index in [9.17, 15) is 9.59 Å². The number of Topliss-reactive ketones (excluding diaryl/α,β-unsaturated/α-hetero) is 1. The maximum Gasteiger partial charge on any atom is 0.221 e. The van der Waals surface area contributed by atoms with Crippen molar-refractivity contribution in [1.82, 2.24) is 0 Å². The molecule has 5 heteroatoms. The molecule has 1 amide bonds. The minimum Gasteiger partial charge on any atom is -0.325 e. The number of ketones is 1. The summed E-state index contributed by atoms with van der Waals surface area (Å²) in [6, 6.07) is 11.7. The first-order valence-corrected chi connectivity index (χ1v) is 9.80. The predicted molar refractivity (Wildman–Crippen MR) is 103 cm³/mol. The van der Waals surface area contributed by atoms with Crippen LogP contribution < -0.4 is 5.32 Å². The lowest BCUT2D eigenvalue weighted by atomic mass is 10.1. The molecule has 0 aliphatic rings. The molecule has 0 heterocycles. The topological polar surface area (TPSA) is 46.2 Å². The first-order valence-electron chi connectivity index (χ1n) is 7.59. The number of hydrogen-bond donors (Lipinski definition) is 1. The highest BCUT2D eigenvalue weighted by Crippen LogP contribution is 2.28. The molecule has 0 radical (unpaired) electrons. The summed E-state index contributed by atoms with van der Waals surface area (Å²) in [4.78, 5) is 25.7. The lowest BCUT2D eigenvalue weighted by Crippen LogP contribution is -2.08. The third-order valence-corrected chi connectivity index (χ3v) is 5.48. The Kier molecular flexibility index (Phi) is 6.52. The van der Waals surface area contributed by atoms with E-state index >= 15 is 0 Å². The largest absolute Gasteiger partial charge is 0.325 e. The molecule has 2 rings (SSSR count). The molecule has 0 saturated heterocycles. The number of aryl methyl sites for hydroxylation is 2. The van der Waals surface area contributed by atoms with Crippen molar-refractivity contribution in [3.05, 3.63) is 53.1 Å². The van der Waals surface area contributed by atoms with E-state index in [0.29, 0.717) is 11.3 Å². The number of anilines is 1. The monoisotopic (exact) mass is 359 g/mol. The Morgan fingerprint density at radius 3 is 2.42 bits per heavy atom. The van der Waals surface area contributed by atoms with Gasteiger partial charge in [-0.3, -0.25) is 9.59 Å². The molecule has 0 aliphatic heterocycles. The first-order chi connectivity index (χ1) is 11.4. The second-order valence-corrected chi connectivity index (χ2v) is 7.44. The second kappa shape index (κ2) is 8.40. The van der Waals surface area contributed by atoms with E-state index in [-0.39, 0.29) is 11.7 Å². The molecule has 0 bridgehead atoms. The fraction of sp³-hybridized carbons (Fsp3) is 0.263. The molecule has 2 aromatic rings. The van der Waals surface area contributed by atoms with Crippen molar-refractivity contribution < 1.29 is 9.59 Å². The van der Waals surface area contributed by atoms with E-state index in [1.54, 1.807) is 23.9 Å². The van der Waals surface area contributed by atoms with Crippen LogP contribution in [0, 0.1) is 13.8 Å². The molecular formula is C19H21NO2S2. The van der Waals surface area contributed by atoms with Gasteiger partial charge in [-0.25, -0.2) is 0 Å². The molecule has 0 saturated carbocycles. The van der Waals surface area contributed by atoms with Gasteiger partial charge >= 0.3 is 0 Å². The summed E-state index contributed by atoms with van der Waals surface area (Å²) in [7, 11) is 0. The van der Waals surface area contributed by atoms with Crippen LogP contribution in [0.15, 0.2) is 46.2 Å². The molecule has 0 aliphatic carbocycles. The molecule has 0 aromatic heterocycles. The Labute approximate surface area is 151 Å². The third kappa shape index (κ3) is 4.89. The second-order valence-electron chi connectivity index (χ2n) is 5.58. The van der Waals surface area contributed by atoms with Crippen LogP contribution in [0.3, 0.4) is 0 Å². The number of carbonyl (C=O) groups is 2. The fourth-order valence-electron chi connectivity index (χ4n) is 2.35. The quantitative estimate of drug-likeness (QED) is 0.585. The number of rotatable bonds is 6. The van der Waals surface area contributed by atoms with Gasteiger partial charge in [0, 0.05) is 22.3 Å². The van der Waals surface area contributed by atoms with Gasteiger partial charge in [-0.2, -0.15) is 0 Å². The van der Waals surface area contributed by atoms with Gasteiger partial charge in [0.2, 0.25) is 5.91 Å². The summed E-state index contributed by atoms with van der Waals surface area (Å²) in [5.41, 5.74) is 3.83. The predicted octanol–water partition coefficient (Wildman–Crippen LogP) is 4.96. The van der Waals surface area contributed by atoms with E-state index < -0.39 is 0 Å². The molecule has 3 nitrogen and oxygen atoms in total. The number of benzene rings is 2. The Morgan fingerprint density at radius 1 is 1.04 bits per heavy atom. The normalized spacial score (nSPS) is 10.5. The number of hydrogen-bond acceptors (Lipinski definition) is 4. The summed E-state index contributed by atoms with van der Waals surface area (Å²) in [6.45, 7) is 5.60. The summed E-state index contributed by atoms with van der Waals surface area (Å²) >= 11 is 3.07. The van der Waals surface area contributed by atoms with Crippen LogP contribution in [-0.4, -0.2) is 23.7 Å². The average Bonchev–Trinajstić information content (AvgIpc) is 2.53. The average molecular weight is 360 g/mol. The maximum absolute atomic E-state index is 12.5. The Bertz CT molecular complexity index is 772. The van der Waals surface area contributed by atoms with Crippen LogP contribution in [0.4, 0.5) is 5.69 Å². The van der Waals surface area contributed by atoms with Crippen molar-refractivity contribution in [2.24, 2.45) is 0 Å². The van der Waals surface area contributed by atoms with E-state index in [4.69, 9.17) is 0 Å². The standard InChI is InChI=1S/C19H21NO2S2/c1-12-5-8-18(13(2)9-12)24-11-17(22)15-6-7-16(20-14(3)21)19(10-15)23-4/h5-10H,11H2,1-4H3,(H,20,21). The SMILES string of the molecule is CSc1cc(C(=O)CSc2ccc(C)cc2C)ccc1NC(C)=O. The number of amides is 1. The van der Waals surface area contributed by atoms with Gasteiger partial charge in [0.15, 0.2) is 5.78 Å². The van der Waals surface area contributed by atoms with Crippen molar-refractivity contribution in [2.75, 3.05) is 17.3 Å². The number of carbonyl (C=O) groups excluding carboxylic acids is 2. The summed E-state index contributed by atoms with van der Waals surface area (Å²) < 4.78 is 0. The molecule has 2 aromatic carbocycles. The van der Waals surface area contributed by atoms with Crippen LogP contribution in [0.2, 0.25) is 0 Å². The lowest BCUT2D eigenvalue weighted by Gasteiger charge is -2.10. The van der Waals surface area contributed by atoms with Gasteiger partial charge in [-0.1, -0.05) is 17.7 Å². The Morgan fingerprint density at radius 2 is 1.79 bits per heavy atom. The van der Waals surface area contributed by atoms with Crippen LogP contribution in [0.25, 0.3) is 0 Å². The lowest BCUT2D eigenvalue weighted by molar-refractivity contribution is -0.114. The third-order valence-electron chi connectivity index (χ3n) is 3.52. The maximum atomic E-state index is 12.5. The first kappa shape index (κ1) is 18.6. The molecule has 0 unspecified atom stereocenters. The van der Waals surface area contributed by atoms with Crippen molar-refractivity contribution in [1.29, 1.82) is 0 Å². The molecule has 0 spiro atoms. The smallest absolute Gasteiger partial charge is 0.221 e. The van der Waals surface area contributed by atoms with E-state index in [1.165, 1.54) is 29.8 Å². The zero-order valence-electron chi connectivity index (χ0n) is 14.3. The Balaban J connectivity index is 2.10. The highest BCUT2D eigenvalue weighted by molar-refractivity contribution is 8.00. The van der Waals surface area contributed by atoms with E-state index in [1.807, 2.05) is 12.3 Å². The summed E-state index contributed by atoms with van der Waals surface area (Å²) in [5, 5.41) is 2.78. The minimum absolute atomic E-state index is 0.0876. The molecule has 24 heavy (non-hydrogen) atoms. The molecular weight excluding hydrogens is 338 g/mol. The fourth-order valence-corrected chi connectivity index (χ4v) is 3.83. The van der Waals surface area contributed by atoms with Crippen LogP contribution in [0.5, 0.6) is 0 Å². The van der Waals surface area contributed by atoms with Crippen LogP contribution >= 0.6 is 23.5 Å². The highest BCUT2D eigenvalue weighted by Gasteiger charge is 2.11. The van der Waals surface area contributed by atoms with Crippen molar-refractivity contribution >= 4 is 40.9 Å². The molecule has 126 valence electrons. The number of thioether (sulfide) groups is 2. The minimum atomic E-state index is -0.116. The van der Waals surface area contributed by atoms with Gasteiger partial charge in [0.25, 0.3) is 0 Å². The highest BCUT2D eigenvalue weighted by atomic mass is 32.2. The van der Waals surface area contributed by atoms with Crippen molar-refractivity contribution in [2.45, 2.75) is 30.6 Å². The van der Waals surface area contributed by atoms with Gasteiger partial charge in [0.05, 0.1) is 11.4 Å². The molecule has 0 atom stereocenters. The Hall–Kier alpha value is -1.72. The van der Waals surface area contributed by atoms with E-state index in [2.05, 4.69) is 37.4 Å². The zero-order valence-corrected chi connectivity index (χ0v) is 15.9. The summed E-state index contributed by atoms with van der Waals surface area (Å²) in [6.07, 6.45) is 1.93. The van der Waals surface area contributed by atoms with E-state index in [0.717, 1.165) is 15.5 Å². The van der Waals surface area contributed by atoms with Crippen molar-refractivity contribution in [3.8, 4) is 0 Å². The summed E-state index contributed by atoms with van der Waals surface area (Å²) in [5.74, 6) is 0.372. The van der Waals surface area contributed by atoms with Crippen molar-refractivity contribution in [3.63, 3.8) is 0 Å². The van der Waals surface area contributed by atoms with Gasteiger partial charge in [-0.05, 0) is 49.9 Å². The zero-order chi connectivity index (χ0) is 17.7. The number of nitrogens with one attached hydrogen (secondary N) is 1. The van der Waals surface area contributed by atoms with Gasteiger partial charge in [-0.15, -0.1) is 23.5 Å². The van der Waals surface area contributed by atoms with Gasteiger partial charge < -0.3 is 5.32 Å². The molecule has 1 N–H and O–H groups in total.